The lowest BCUT2D eigenvalue weighted by atomic mass is 9.86. The van der Waals surface area contributed by atoms with Crippen molar-refractivity contribution in [3.8, 4) is 0 Å². The van der Waals surface area contributed by atoms with E-state index < -0.39 is 0 Å². The van der Waals surface area contributed by atoms with Gasteiger partial charge in [0.05, 0.1) is 0 Å². The summed E-state index contributed by atoms with van der Waals surface area (Å²) in [6, 6.07) is 0. The molecule has 1 heterocycles. The molecule has 0 unspecified atom stereocenters. The van der Waals surface area contributed by atoms with E-state index in [1.165, 1.54) is 11.6 Å². The quantitative estimate of drug-likeness (QED) is 0.632. The van der Waals surface area contributed by atoms with Crippen LogP contribution in [0.1, 0.15) is 32.0 Å². The molecule has 0 atom stereocenters. The summed E-state index contributed by atoms with van der Waals surface area (Å²) in [5.74, 6) is 0. The molecule has 0 N–H and O–H groups in total. The van der Waals surface area contributed by atoms with Crippen LogP contribution in [0.2, 0.25) is 0 Å². The molecule has 4 heteroatoms. The third-order valence-electron chi connectivity index (χ3n) is 2.71. The molecule has 0 aliphatic carbocycles. The smallest absolute Gasteiger partial charge is 0.301 e. The monoisotopic (exact) mass is 210 g/mol. The molecule has 1 aromatic heterocycles. The van der Waals surface area contributed by atoms with Crippen molar-refractivity contribution in [3.05, 3.63) is 32.1 Å². The fourth-order valence-corrected chi connectivity index (χ4v) is 1.81. The summed E-state index contributed by atoms with van der Waals surface area (Å²) in [6.07, 6.45) is 0. The Hall–Kier alpha value is -1.32. The number of aromatic nitrogens is 2. The third kappa shape index (κ3) is 1.76. The molecule has 0 spiro atoms. The highest BCUT2D eigenvalue weighted by Gasteiger charge is 2.23. The van der Waals surface area contributed by atoms with Crippen molar-refractivity contribution >= 4 is 0 Å². The summed E-state index contributed by atoms with van der Waals surface area (Å²) < 4.78 is 2.68. The lowest BCUT2D eigenvalue weighted by Gasteiger charge is -2.22. The van der Waals surface area contributed by atoms with Gasteiger partial charge in [0.25, 0.3) is 5.56 Å². The highest BCUT2D eigenvalue weighted by atomic mass is 16.2. The molecule has 0 saturated heterocycles. The van der Waals surface area contributed by atoms with Gasteiger partial charge in [0.15, 0.2) is 0 Å². The topological polar surface area (TPSA) is 44.0 Å². The van der Waals surface area contributed by atoms with Crippen LogP contribution in [0.15, 0.2) is 9.59 Å². The minimum absolute atomic E-state index is 0.192. The number of hydrogen-bond donors (Lipinski definition) is 0. The van der Waals surface area contributed by atoms with Crippen LogP contribution in [-0.4, -0.2) is 9.13 Å². The first-order valence-electron chi connectivity index (χ1n) is 4.95. The zero-order chi connectivity index (χ0) is 12.0. The molecule has 0 aliphatic heterocycles. The van der Waals surface area contributed by atoms with E-state index in [1.54, 1.807) is 7.05 Å². The fraction of sp³-hybridized carbons (Fsp3) is 0.636. The molecule has 4 nitrogen and oxygen atoms in total. The number of rotatable bonds is 0. The van der Waals surface area contributed by atoms with Crippen molar-refractivity contribution in [3.63, 3.8) is 0 Å². The Morgan fingerprint density at radius 3 is 1.87 bits per heavy atom. The zero-order valence-corrected chi connectivity index (χ0v) is 10.2. The fourth-order valence-electron chi connectivity index (χ4n) is 1.81. The summed E-state index contributed by atoms with van der Waals surface area (Å²) in [5, 5.41) is 0. The van der Waals surface area contributed by atoms with E-state index in [-0.39, 0.29) is 16.7 Å². The second kappa shape index (κ2) is 3.36. The van der Waals surface area contributed by atoms with Gasteiger partial charge in [-0.2, -0.15) is 0 Å². The Bertz CT molecular complexity index is 501. The van der Waals surface area contributed by atoms with Gasteiger partial charge in [0, 0.05) is 25.4 Å². The van der Waals surface area contributed by atoms with Gasteiger partial charge in [-0.1, -0.05) is 20.8 Å². The molecular weight excluding hydrogens is 192 g/mol. The van der Waals surface area contributed by atoms with E-state index in [2.05, 4.69) is 0 Å². The highest BCUT2D eigenvalue weighted by Crippen LogP contribution is 2.20. The summed E-state index contributed by atoms with van der Waals surface area (Å²) >= 11 is 0. The van der Waals surface area contributed by atoms with Gasteiger partial charge < -0.3 is 4.57 Å². The highest BCUT2D eigenvalue weighted by molar-refractivity contribution is 5.24. The van der Waals surface area contributed by atoms with Crippen molar-refractivity contribution < 1.29 is 0 Å². The molecule has 15 heavy (non-hydrogen) atoms. The van der Waals surface area contributed by atoms with E-state index in [0.717, 1.165) is 10.3 Å². The van der Waals surface area contributed by atoms with Crippen LogP contribution < -0.4 is 11.2 Å². The molecule has 1 rings (SSSR count). The number of hydrogen-bond acceptors (Lipinski definition) is 2. The minimum Gasteiger partial charge on any atom is -0.301 e. The first-order chi connectivity index (χ1) is 6.68. The van der Waals surface area contributed by atoms with Gasteiger partial charge in [0.1, 0.15) is 0 Å². The van der Waals surface area contributed by atoms with Gasteiger partial charge in [-0.3, -0.25) is 9.36 Å². The maximum Gasteiger partial charge on any atom is 0.330 e. The molecular formula is C11H18N2O2. The van der Waals surface area contributed by atoms with Gasteiger partial charge in [-0.15, -0.1) is 0 Å². The van der Waals surface area contributed by atoms with Crippen molar-refractivity contribution in [1.29, 1.82) is 0 Å². The van der Waals surface area contributed by atoms with Crippen LogP contribution in [0, 0.1) is 6.92 Å². The predicted molar refractivity (Wildman–Crippen MR) is 60.4 cm³/mol. The van der Waals surface area contributed by atoms with E-state index in [1.807, 2.05) is 27.7 Å². The maximum absolute atomic E-state index is 12.0. The molecule has 1 aromatic rings. The van der Waals surface area contributed by atoms with Crippen molar-refractivity contribution in [2.75, 3.05) is 0 Å². The molecule has 0 amide bonds. The standard InChI is InChI=1S/C11H18N2O2/c1-7-8(11(2,3)4)9(14)13(6)10(15)12(7)5/h1-6H3. The van der Waals surface area contributed by atoms with Crippen LogP contribution in [0.5, 0.6) is 0 Å². The second-order valence-corrected chi connectivity index (χ2v) is 4.92. The minimum atomic E-state index is -0.273. The Morgan fingerprint density at radius 1 is 1.00 bits per heavy atom. The van der Waals surface area contributed by atoms with Crippen molar-refractivity contribution in [2.24, 2.45) is 14.1 Å². The average molecular weight is 210 g/mol. The maximum atomic E-state index is 12.0. The molecule has 0 aromatic carbocycles. The summed E-state index contributed by atoms with van der Waals surface area (Å²) in [5.41, 5.74) is 0.737. The van der Waals surface area contributed by atoms with Crippen LogP contribution in [-0.2, 0) is 19.5 Å². The average Bonchev–Trinajstić information content (AvgIpc) is 2.09. The van der Waals surface area contributed by atoms with Crippen molar-refractivity contribution in [1.82, 2.24) is 9.13 Å². The molecule has 84 valence electrons. The first kappa shape index (κ1) is 11.8. The van der Waals surface area contributed by atoms with Gasteiger partial charge in [-0.25, -0.2) is 4.79 Å². The van der Waals surface area contributed by atoms with E-state index >= 15 is 0 Å². The Labute approximate surface area is 89.2 Å². The van der Waals surface area contributed by atoms with Crippen LogP contribution in [0.4, 0.5) is 0 Å². The Kier molecular flexibility index (Phi) is 2.63. The largest absolute Gasteiger partial charge is 0.330 e. The summed E-state index contributed by atoms with van der Waals surface area (Å²) in [6.45, 7) is 7.73. The first-order valence-corrected chi connectivity index (χ1v) is 4.95. The van der Waals surface area contributed by atoms with Crippen LogP contribution in [0.3, 0.4) is 0 Å². The molecule has 0 fully saturated rings. The Morgan fingerprint density at radius 2 is 1.47 bits per heavy atom. The predicted octanol–water partition coefficient (Wildman–Crippen LogP) is 0.690. The second-order valence-electron chi connectivity index (χ2n) is 4.92. The lowest BCUT2D eigenvalue weighted by Crippen LogP contribution is -2.43. The zero-order valence-electron chi connectivity index (χ0n) is 10.2. The van der Waals surface area contributed by atoms with Crippen LogP contribution in [0.25, 0.3) is 0 Å². The van der Waals surface area contributed by atoms with Gasteiger partial charge in [-0.05, 0) is 12.3 Å². The SMILES string of the molecule is Cc1c(C(C)(C)C)c(=O)n(C)c(=O)n1C. The van der Waals surface area contributed by atoms with Crippen LogP contribution >= 0.6 is 0 Å². The van der Waals surface area contributed by atoms with Gasteiger partial charge >= 0.3 is 5.69 Å². The normalized spacial score (nSPS) is 11.9. The van der Waals surface area contributed by atoms with E-state index in [0.29, 0.717) is 5.56 Å². The number of nitrogens with zero attached hydrogens (tertiary/aromatic N) is 2. The summed E-state index contributed by atoms with van der Waals surface area (Å²) in [4.78, 5) is 23.6. The Balaban J connectivity index is 3.85. The van der Waals surface area contributed by atoms with Crippen molar-refractivity contribution in [2.45, 2.75) is 33.1 Å². The van der Waals surface area contributed by atoms with E-state index in [9.17, 15) is 9.59 Å². The third-order valence-corrected chi connectivity index (χ3v) is 2.71. The molecule has 0 radical (unpaired) electrons. The molecule has 0 bridgehead atoms. The molecule has 0 aliphatic rings. The van der Waals surface area contributed by atoms with Gasteiger partial charge in [0.2, 0.25) is 0 Å². The molecule has 0 saturated carbocycles. The van der Waals surface area contributed by atoms with E-state index in [4.69, 9.17) is 0 Å². The summed E-state index contributed by atoms with van der Waals surface area (Å²) in [7, 11) is 3.20. The lowest BCUT2D eigenvalue weighted by molar-refractivity contribution is 0.536.